The van der Waals surface area contributed by atoms with Crippen LogP contribution in [0.25, 0.3) is 0 Å². The van der Waals surface area contributed by atoms with Crippen molar-refractivity contribution in [1.29, 1.82) is 0 Å². The second-order valence-electron chi connectivity index (χ2n) is 10.3. The molecule has 246 valence electrons. The van der Waals surface area contributed by atoms with Gasteiger partial charge in [0, 0.05) is 13.0 Å². The molecule has 7 N–H and O–H groups in total. The molecule has 0 radical (unpaired) electrons. The van der Waals surface area contributed by atoms with Gasteiger partial charge in [-0.25, -0.2) is 19.2 Å². The maximum Gasteiger partial charge on any atom is 0.407 e. The summed E-state index contributed by atoms with van der Waals surface area (Å²) in [6.45, 7) is 2.56. The van der Waals surface area contributed by atoms with Crippen LogP contribution >= 0.6 is 0 Å². The highest BCUT2D eigenvalue weighted by atomic mass is 16.5. The number of carbonyl (C=O) groups is 5. The van der Waals surface area contributed by atoms with Gasteiger partial charge < -0.3 is 41.6 Å². The van der Waals surface area contributed by atoms with Crippen molar-refractivity contribution in [2.24, 2.45) is 5.73 Å². The Morgan fingerprint density at radius 2 is 1.36 bits per heavy atom. The zero-order valence-electron chi connectivity index (χ0n) is 25.7. The van der Waals surface area contributed by atoms with E-state index >= 15 is 0 Å². The minimum absolute atomic E-state index is 0.117. The zero-order valence-corrected chi connectivity index (χ0v) is 25.7. The Hall–Kier alpha value is -4.65. The van der Waals surface area contributed by atoms with Crippen molar-refractivity contribution < 1.29 is 38.6 Å². The van der Waals surface area contributed by atoms with Crippen LogP contribution < -0.4 is 27.0 Å². The molecule has 0 fully saturated rings. The number of carbonyl (C=O) groups excluding carboxylic acids is 4. The van der Waals surface area contributed by atoms with Crippen molar-refractivity contribution in [3.63, 3.8) is 0 Å². The summed E-state index contributed by atoms with van der Waals surface area (Å²) >= 11 is 0. The van der Waals surface area contributed by atoms with Crippen molar-refractivity contribution in [3.05, 3.63) is 71.8 Å². The van der Waals surface area contributed by atoms with Gasteiger partial charge in [-0.05, 0) is 63.1 Å². The number of nitrogens with two attached hydrogens (primary N) is 1. The fourth-order valence-electron chi connectivity index (χ4n) is 4.37. The number of carboxylic acids is 1. The number of alkyl carbamates (subject to hydrolysis) is 1. The molecule has 45 heavy (non-hydrogen) atoms. The summed E-state index contributed by atoms with van der Waals surface area (Å²) in [5, 5.41) is 19.8. The molecular weight excluding hydrogens is 582 g/mol. The number of hydrogen-bond acceptors (Lipinski definition) is 8. The molecule has 2 aromatic carbocycles. The molecule has 4 amide bonds. The number of unbranched alkanes of at least 4 members (excludes halogenated alkanes) is 2. The predicted octanol–water partition coefficient (Wildman–Crippen LogP) is 2.62. The van der Waals surface area contributed by atoms with Crippen molar-refractivity contribution in [1.82, 2.24) is 21.3 Å². The minimum Gasteiger partial charge on any atom is -0.480 e. The first-order valence-electron chi connectivity index (χ1n) is 15.2. The van der Waals surface area contributed by atoms with Crippen LogP contribution in [0.3, 0.4) is 0 Å². The van der Waals surface area contributed by atoms with E-state index in [2.05, 4.69) is 21.3 Å². The van der Waals surface area contributed by atoms with E-state index in [-0.39, 0.29) is 39.0 Å². The van der Waals surface area contributed by atoms with Crippen molar-refractivity contribution >= 4 is 30.0 Å². The average Bonchev–Trinajstić information content (AvgIpc) is 3.03. The lowest BCUT2D eigenvalue weighted by molar-refractivity contribution is -0.147. The van der Waals surface area contributed by atoms with E-state index in [1.54, 1.807) is 6.92 Å². The molecule has 13 heteroatoms. The van der Waals surface area contributed by atoms with Gasteiger partial charge >= 0.3 is 24.1 Å². The second-order valence-corrected chi connectivity index (χ2v) is 10.3. The molecular formula is C32H45N5O8. The number of ether oxygens (including phenoxy) is 2. The molecule has 0 spiro atoms. The van der Waals surface area contributed by atoms with Gasteiger partial charge in [-0.15, -0.1) is 0 Å². The number of urea groups is 1. The van der Waals surface area contributed by atoms with Gasteiger partial charge in [-0.1, -0.05) is 60.7 Å². The molecule has 2 aromatic rings. The van der Waals surface area contributed by atoms with E-state index in [4.69, 9.17) is 15.2 Å². The summed E-state index contributed by atoms with van der Waals surface area (Å²) < 4.78 is 10.4. The van der Waals surface area contributed by atoms with Gasteiger partial charge in [0.1, 0.15) is 24.7 Å². The van der Waals surface area contributed by atoms with Gasteiger partial charge in [-0.3, -0.25) is 4.79 Å². The monoisotopic (exact) mass is 627 g/mol. The van der Waals surface area contributed by atoms with Crippen LogP contribution in [0, 0.1) is 0 Å². The molecule has 0 aliphatic heterocycles. The Labute approximate surface area is 263 Å². The zero-order chi connectivity index (χ0) is 32.9. The number of rotatable bonds is 20. The number of hydrogen-bond donors (Lipinski definition) is 6. The third-order valence-electron chi connectivity index (χ3n) is 6.74. The van der Waals surface area contributed by atoms with E-state index in [0.29, 0.717) is 32.2 Å². The number of nitrogens with one attached hydrogen (secondary N) is 4. The summed E-state index contributed by atoms with van der Waals surface area (Å²) in [4.78, 5) is 62.7. The van der Waals surface area contributed by atoms with Crippen LogP contribution in [0.4, 0.5) is 9.59 Å². The van der Waals surface area contributed by atoms with Crippen LogP contribution in [0.15, 0.2) is 60.7 Å². The van der Waals surface area contributed by atoms with Crippen LogP contribution in [0.2, 0.25) is 0 Å². The van der Waals surface area contributed by atoms with Gasteiger partial charge in [0.25, 0.3) is 0 Å². The van der Waals surface area contributed by atoms with Gasteiger partial charge in [0.15, 0.2) is 0 Å². The molecule has 0 aliphatic rings. The minimum atomic E-state index is -1.21. The Morgan fingerprint density at radius 3 is 1.98 bits per heavy atom. The lowest BCUT2D eigenvalue weighted by Crippen LogP contribution is -2.56. The smallest absolute Gasteiger partial charge is 0.407 e. The van der Waals surface area contributed by atoms with E-state index in [9.17, 15) is 29.1 Å². The normalized spacial score (nSPS) is 12.6. The highest BCUT2D eigenvalue weighted by molar-refractivity contribution is 5.91. The van der Waals surface area contributed by atoms with Crippen molar-refractivity contribution in [2.45, 2.75) is 76.6 Å². The highest BCUT2D eigenvalue weighted by Gasteiger charge is 2.29. The number of aliphatic carboxylic acids is 1. The first kappa shape index (κ1) is 36.5. The van der Waals surface area contributed by atoms with E-state index in [0.717, 1.165) is 11.1 Å². The summed E-state index contributed by atoms with van der Waals surface area (Å²) in [6.07, 6.45) is 1.85. The second kappa shape index (κ2) is 21.1. The number of carboxylic acid groups (broad SMARTS) is 1. The van der Waals surface area contributed by atoms with Crippen molar-refractivity contribution in [2.75, 3.05) is 19.7 Å². The Balaban J connectivity index is 2.02. The average molecular weight is 628 g/mol. The molecule has 0 aliphatic carbocycles. The largest absolute Gasteiger partial charge is 0.480 e. The quantitative estimate of drug-likeness (QED) is 0.0944. The third-order valence-corrected chi connectivity index (χ3v) is 6.74. The lowest BCUT2D eigenvalue weighted by Gasteiger charge is -2.24. The molecule has 13 nitrogen and oxygen atoms in total. The molecule has 0 heterocycles. The summed E-state index contributed by atoms with van der Waals surface area (Å²) in [7, 11) is 0. The van der Waals surface area contributed by atoms with E-state index in [1.165, 1.54) is 0 Å². The van der Waals surface area contributed by atoms with Crippen LogP contribution in [0.5, 0.6) is 0 Å². The summed E-state index contributed by atoms with van der Waals surface area (Å²) in [5.41, 5.74) is 7.14. The highest BCUT2D eigenvalue weighted by Crippen LogP contribution is 2.08. The molecule has 0 saturated carbocycles. The number of amides is 4. The molecule has 0 saturated heterocycles. The summed E-state index contributed by atoms with van der Waals surface area (Å²) in [6, 6.07) is 14.2. The maximum absolute atomic E-state index is 13.4. The van der Waals surface area contributed by atoms with Crippen LogP contribution in [0.1, 0.15) is 56.6 Å². The molecule has 2 rings (SSSR count). The Kier molecular flexibility index (Phi) is 17.1. The van der Waals surface area contributed by atoms with Gasteiger partial charge in [-0.2, -0.15) is 0 Å². The van der Waals surface area contributed by atoms with Crippen LogP contribution in [-0.4, -0.2) is 72.9 Å². The van der Waals surface area contributed by atoms with E-state index in [1.807, 2.05) is 60.7 Å². The topological polar surface area (TPSA) is 198 Å². The Bertz CT molecular complexity index is 1200. The maximum atomic E-state index is 13.4. The predicted molar refractivity (Wildman–Crippen MR) is 167 cm³/mol. The van der Waals surface area contributed by atoms with Gasteiger partial charge in [0.2, 0.25) is 5.91 Å². The molecule has 1 unspecified atom stereocenters. The molecule has 3 atom stereocenters. The number of benzene rings is 2. The first-order chi connectivity index (χ1) is 21.7. The molecule has 0 bridgehead atoms. The SMILES string of the molecule is CCOC(=O)C(Cc1ccccc1)NC(=O)[C@@H](CCCCNC(=O)OCc1ccccc1)NC(=O)N[C@@H](CCCCN)C(=O)O. The number of esters is 1. The Morgan fingerprint density at radius 1 is 0.756 bits per heavy atom. The first-order valence-corrected chi connectivity index (χ1v) is 15.2. The fourth-order valence-corrected chi connectivity index (χ4v) is 4.37. The van der Waals surface area contributed by atoms with Gasteiger partial charge in [0.05, 0.1) is 6.61 Å². The van der Waals surface area contributed by atoms with Crippen molar-refractivity contribution in [3.8, 4) is 0 Å². The standard InChI is InChI=1S/C32H45N5O8/c1-2-44-30(41)27(21-23-13-5-3-6-14-23)35-28(38)25(36-31(42)37-26(29(39)40)18-9-11-19-33)17-10-12-20-34-32(43)45-22-24-15-7-4-8-16-24/h3-8,13-16,25-27H,2,9-12,17-22,33H2,1H3,(H,34,43)(H,35,38)(H,39,40)(H2,36,37,42)/t25-,26+,27?/m1/s1. The van der Waals surface area contributed by atoms with E-state index < -0.39 is 48.1 Å². The lowest BCUT2D eigenvalue weighted by atomic mass is 10.0. The molecule has 0 aromatic heterocycles. The third kappa shape index (κ3) is 15.1. The fraction of sp³-hybridized carbons (Fsp3) is 0.469. The van der Waals surface area contributed by atoms with Crippen LogP contribution in [-0.2, 0) is 36.9 Å². The summed E-state index contributed by atoms with van der Waals surface area (Å²) in [5.74, 6) is -2.47.